The molecule has 5 rings (SSSR count). The first kappa shape index (κ1) is 24.5. The predicted molar refractivity (Wildman–Crippen MR) is 137 cm³/mol. The van der Waals surface area contributed by atoms with Gasteiger partial charge in [-0.1, -0.05) is 54.0 Å². The van der Waals surface area contributed by atoms with E-state index in [0.717, 1.165) is 51.4 Å². The normalized spacial score (nSPS) is 54.1. The molecule has 5 aliphatic rings. The molecule has 4 N–H and O–H groups in total. The second-order valence-corrected chi connectivity index (χ2v) is 15.1. The third kappa shape index (κ3) is 2.81. The zero-order valence-electron chi connectivity index (χ0n) is 22.7. The highest BCUT2D eigenvalue weighted by Gasteiger charge is 2.70. The number of carbonyl (C=O) groups is 2. The van der Waals surface area contributed by atoms with Crippen LogP contribution in [0, 0.1) is 50.2 Å². The molecule has 0 aromatic rings. The van der Waals surface area contributed by atoms with Crippen molar-refractivity contribution in [3.05, 3.63) is 11.6 Å². The number of fused-ring (bicyclic) bond motifs is 7. The summed E-state index contributed by atoms with van der Waals surface area (Å²) in [6.45, 7) is 16.5. The van der Waals surface area contributed by atoms with Crippen LogP contribution in [0.1, 0.15) is 106 Å². The SMILES string of the molecule is CC1(C)C(N)CC[C@]2(C)[C@H]3C(=O)C=C4[C@@H]5C[C@@](C)(C(N)=O)CC[C@]5(C)CC[C@@]4(C)[C@]3(C)CC[C@@H]12. The number of ketones is 1. The van der Waals surface area contributed by atoms with Crippen molar-refractivity contribution in [1.82, 2.24) is 0 Å². The lowest BCUT2D eigenvalue weighted by Crippen LogP contribution is -2.67. The average molecular weight is 469 g/mol. The van der Waals surface area contributed by atoms with Gasteiger partial charge in [-0.3, -0.25) is 9.59 Å². The molecule has 0 heterocycles. The molecule has 4 nitrogen and oxygen atoms in total. The van der Waals surface area contributed by atoms with E-state index < -0.39 is 5.41 Å². The molecule has 1 unspecified atom stereocenters. The number of carbonyl (C=O) groups excluding carboxylic acids is 2. The summed E-state index contributed by atoms with van der Waals surface area (Å²) in [4.78, 5) is 26.7. The second-order valence-electron chi connectivity index (χ2n) is 15.1. The van der Waals surface area contributed by atoms with Crippen LogP contribution in [0.25, 0.3) is 0 Å². The van der Waals surface area contributed by atoms with Crippen LogP contribution in [0.2, 0.25) is 0 Å². The second kappa shape index (κ2) is 6.99. The van der Waals surface area contributed by atoms with Crippen molar-refractivity contribution in [2.75, 3.05) is 0 Å². The summed E-state index contributed by atoms with van der Waals surface area (Å²) in [5.41, 5.74) is 13.6. The van der Waals surface area contributed by atoms with Crippen molar-refractivity contribution in [3.63, 3.8) is 0 Å². The maximum absolute atomic E-state index is 14.3. The first-order chi connectivity index (χ1) is 15.6. The molecule has 9 atom stereocenters. The van der Waals surface area contributed by atoms with Gasteiger partial charge in [-0.2, -0.15) is 0 Å². The molecule has 0 bridgehead atoms. The van der Waals surface area contributed by atoms with E-state index in [0.29, 0.717) is 11.7 Å². The van der Waals surface area contributed by atoms with Crippen LogP contribution in [-0.4, -0.2) is 17.7 Å². The van der Waals surface area contributed by atoms with Crippen molar-refractivity contribution in [3.8, 4) is 0 Å². The standard InChI is InChI=1S/C30H48N2O2/c1-25(2)21-8-11-30(7)23(28(21,5)10-9-22(25)31)20(33)16-18-19-17-27(4,24(32)34)13-12-26(19,3)14-15-29(18,30)6/h16,19,21-23H,8-15,17,31H2,1-7H3,(H2,32,34)/t19-,21-,22?,23+,26+,27-,28-,29+,30+/m0/s1. The fraction of sp³-hybridized carbons (Fsp3) is 0.867. The van der Waals surface area contributed by atoms with Gasteiger partial charge in [0.1, 0.15) is 0 Å². The Bertz CT molecular complexity index is 969. The van der Waals surface area contributed by atoms with Gasteiger partial charge in [0.05, 0.1) is 0 Å². The Hall–Kier alpha value is -1.16. The number of allylic oxidation sites excluding steroid dienone is 2. The fourth-order valence-corrected chi connectivity index (χ4v) is 10.4. The first-order valence-corrected chi connectivity index (χ1v) is 13.9. The molecule has 4 saturated carbocycles. The van der Waals surface area contributed by atoms with E-state index in [1.54, 1.807) is 0 Å². The highest BCUT2D eigenvalue weighted by molar-refractivity contribution is 5.95. The Morgan fingerprint density at radius 3 is 2.21 bits per heavy atom. The number of nitrogens with two attached hydrogens (primary N) is 2. The monoisotopic (exact) mass is 468 g/mol. The summed E-state index contributed by atoms with van der Waals surface area (Å²) < 4.78 is 0. The molecular formula is C30H48N2O2. The summed E-state index contributed by atoms with van der Waals surface area (Å²) in [5, 5.41) is 0. The third-order valence-electron chi connectivity index (χ3n) is 13.3. The lowest BCUT2D eigenvalue weighted by Gasteiger charge is -2.70. The van der Waals surface area contributed by atoms with Crippen molar-refractivity contribution in [1.29, 1.82) is 0 Å². The highest BCUT2D eigenvalue weighted by Crippen LogP contribution is 2.75. The third-order valence-corrected chi connectivity index (χ3v) is 13.3. The molecular weight excluding hydrogens is 420 g/mol. The van der Waals surface area contributed by atoms with E-state index in [1.165, 1.54) is 12.0 Å². The molecule has 0 aromatic heterocycles. The smallest absolute Gasteiger partial charge is 0.223 e. The van der Waals surface area contributed by atoms with Crippen molar-refractivity contribution in [2.45, 2.75) is 112 Å². The summed E-state index contributed by atoms with van der Waals surface area (Å²) in [6.07, 6.45) is 11.4. The van der Waals surface area contributed by atoms with Gasteiger partial charge in [0, 0.05) is 17.4 Å². The molecule has 190 valence electrons. The van der Waals surface area contributed by atoms with Crippen LogP contribution in [0.15, 0.2) is 11.6 Å². The summed E-state index contributed by atoms with van der Waals surface area (Å²) in [6, 6.07) is 0.208. The lowest BCUT2D eigenvalue weighted by atomic mass is 9.33. The Kier molecular flexibility index (Phi) is 5.04. The number of rotatable bonds is 1. The fourth-order valence-electron chi connectivity index (χ4n) is 10.4. The van der Waals surface area contributed by atoms with Crippen LogP contribution < -0.4 is 11.5 Å². The van der Waals surface area contributed by atoms with E-state index in [4.69, 9.17) is 11.5 Å². The molecule has 0 saturated heterocycles. The molecule has 5 aliphatic carbocycles. The Balaban J connectivity index is 1.62. The van der Waals surface area contributed by atoms with E-state index in [-0.39, 0.29) is 50.9 Å². The number of hydrogen-bond donors (Lipinski definition) is 2. The molecule has 4 heteroatoms. The van der Waals surface area contributed by atoms with Crippen LogP contribution in [0.3, 0.4) is 0 Å². The topological polar surface area (TPSA) is 86.2 Å². The zero-order valence-corrected chi connectivity index (χ0v) is 22.7. The van der Waals surface area contributed by atoms with E-state index >= 15 is 0 Å². The van der Waals surface area contributed by atoms with Crippen molar-refractivity contribution in [2.24, 2.45) is 61.7 Å². The Morgan fingerprint density at radius 2 is 1.56 bits per heavy atom. The van der Waals surface area contributed by atoms with E-state index in [2.05, 4.69) is 54.5 Å². The minimum absolute atomic E-state index is 0.0104. The maximum atomic E-state index is 14.3. The first-order valence-electron chi connectivity index (χ1n) is 13.9. The zero-order chi connectivity index (χ0) is 25.1. The van der Waals surface area contributed by atoms with Gasteiger partial charge in [0.15, 0.2) is 5.78 Å². The quantitative estimate of drug-likeness (QED) is 0.511. The largest absolute Gasteiger partial charge is 0.369 e. The molecule has 0 aromatic carbocycles. The van der Waals surface area contributed by atoms with Crippen molar-refractivity contribution < 1.29 is 9.59 Å². The average Bonchev–Trinajstić information content (AvgIpc) is 2.73. The Morgan fingerprint density at radius 1 is 0.912 bits per heavy atom. The van der Waals surface area contributed by atoms with Crippen LogP contribution >= 0.6 is 0 Å². The molecule has 4 fully saturated rings. The van der Waals surface area contributed by atoms with Crippen LogP contribution in [0.4, 0.5) is 0 Å². The van der Waals surface area contributed by atoms with Crippen LogP contribution in [-0.2, 0) is 9.59 Å². The minimum Gasteiger partial charge on any atom is -0.369 e. The van der Waals surface area contributed by atoms with Gasteiger partial charge in [0.25, 0.3) is 0 Å². The summed E-state index contributed by atoms with van der Waals surface area (Å²) in [5.74, 6) is 0.966. The van der Waals surface area contributed by atoms with E-state index in [9.17, 15) is 9.59 Å². The number of amides is 1. The van der Waals surface area contributed by atoms with Gasteiger partial charge >= 0.3 is 0 Å². The van der Waals surface area contributed by atoms with Gasteiger partial charge in [0.2, 0.25) is 5.91 Å². The number of hydrogen-bond acceptors (Lipinski definition) is 3. The molecule has 34 heavy (non-hydrogen) atoms. The molecule has 1 amide bonds. The highest BCUT2D eigenvalue weighted by atomic mass is 16.1. The maximum Gasteiger partial charge on any atom is 0.223 e. The molecule has 0 spiro atoms. The molecule has 0 radical (unpaired) electrons. The predicted octanol–water partition coefficient (Wildman–Crippen LogP) is 5.78. The van der Waals surface area contributed by atoms with E-state index in [1.807, 2.05) is 0 Å². The summed E-state index contributed by atoms with van der Waals surface area (Å²) >= 11 is 0. The van der Waals surface area contributed by atoms with Gasteiger partial charge < -0.3 is 11.5 Å². The molecule has 0 aliphatic heterocycles. The van der Waals surface area contributed by atoms with Gasteiger partial charge in [-0.15, -0.1) is 0 Å². The summed E-state index contributed by atoms with van der Waals surface area (Å²) in [7, 11) is 0. The lowest BCUT2D eigenvalue weighted by molar-refractivity contribution is -0.187. The number of primary amides is 1. The van der Waals surface area contributed by atoms with Gasteiger partial charge in [-0.25, -0.2) is 0 Å². The van der Waals surface area contributed by atoms with Gasteiger partial charge in [-0.05, 0) is 103 Å². The van der Waals surface area contributed by atoms with Crippen molar-refractivity contribution >= 4 is 11.7 Å². The Labute approximate surface area is 207 Å². The minimum atomic E-state index is -0.475. The van der Waals surface area contributed by atoms with Crippen LogP contribution in [0.5, 0.6) is 0 Å².